The molecule has 0 spiro atoms. The third kappa shape index (κ3) is 5.10. The third-order valence-electron chi connectivity index (χ3n) is 6.58. The highest BCUT2D eigenvalue weighted by molar-refractivity contribution is 7.92. The second kappa shape index (κ2) is 9.33. The van der Waals surface area contributed by atoms with Gasteiger partial charge in [0.2, 0.25) is 10.0 Å². The van der Waals surface area contributed by atoms with E-state index in [-0.39, 0.29) is 35.9 Å². The van der Waals surface area contributed by atoms with Crippen LogP contribution in [0.25, 0.3) is 11.3 Å². The molecule has 0 amide bonds. The zero-order valence-electron chi connectivity index (χ0n) is 20.6. The van der Waals surface area contributed by atoms with Crippen molar-refractivity contribution in [1.82, 2.24) is 14.5 Å². The molecule has 9 nitrogen and oxygen atoms in total. The summed E-state index contributed by atoms with van der Waals surface area (Å²) in [5, 5.41) is 3.20. The van der Waals surface area contributed by atoms with Crippen LogP contribution in [0.15, 0.2) is 41.8 Å². The number of carbonyl (C=O) groups excluding carboxylic acids is 1. The first kappa shape index (κ1) is 25.0. The molecule has 3 heterocycles. The second-order valence-corrected chi connectivity index (χ2v) is 11.4. The third-order valence-corrected chi connectivity index (χ3v) is 7.77. The lowest BCUT2D eigenvalue weighted by molar-refractivity contribution is -0.119. The highest BCUT2D eigenvalue weighted by atomic mass is 32.2. The Morgan fingerprint density at radius 3 is 2.62 bits per heavy atom. The molecular formula is C25H26F2N6O3S. The minimum Gasteiger partial charge on any atom is -0.352 e. The Morgan fingerprint density at radius 1 is 1.24 bits per heavy atom. The molecule has 5 rings (SSSR count). The number of imidazole rings is 1. The van der Waals surface area contributed by atoms with Crippen LogP contribution in [-0.4, -0.2) is 54.2 Å². The highest BCUT2D eigenvalue weighted by Gasteiger charge is 2.31. The van der Waals surface area contributed by atoms with Gasteiger partial charge in [0.1, 0.15) is 11.5 Å². The van der Waals surface area contributed by atoms with Crippen LogP contribution in [0.5, 0.6) is 0 Å². The second-order valence-electron chi connectivity index (χ2n) is 9.43. The van der Waals surface area contributed by atoms with Gasteiger partial charge in [-0.05, 0) is 31.0 Å². The van der Waals surface area contributed by atoms with E-state index < -0.39 is 16.4 Å². The normalized spacial score (nSPS) is 15.0. The minimum atomic E-state index is -3.64. The molecule has 1 fully saturated rings. The Hall–Kier alpha value is -3.67. The first-order chi connectivity index (χ1) is 17.5. The van der Waals surface area contributed by atoms with E-state index in [1.54, 1.807) is 30.7 Å². The number of carbonyl (C=O) groups is 1. The van der Waals surface area contributed by atoms with Gasteiger partial charge in [0, 0.05) is 38.4 Å². The summed E-state index contributed by atoms with van der Waals surface area (Å²) in [4.78, 5) is 25.2. The maximum absolute atomic E-state index is 13.5. The number of halogens is 2. The number of aliphatic imine (C=N–C) groups is 1. The summed E-state index contributed by atoms with van der Waals surface area (Å²) in [6, 6.07) is 6.88. The fourth-order valence-corrected chi connectivity index (χ4v) is 4.82. The van der Waals surface area contributed by atoms with Crippen LogP contribution >= 0.6 is 0 Å². The maximum Gasteiger partial charge on any atom is 0.277 e. The highest BCUT2D eigenvalue weighted by Crippen LogP contribution is 2.41. The SMILES string of the molecule is CN(c1cc(-c2cncn2C)ccc1Nc1cc(CC(=O)C2CC2)nc2c1N=C(C(F)F)C2)S(C)(=O)=O. The number of rotatable bonds is 9. The molecule has 0 saturated heterocycles. The molecule has 2 aliphatic rings. The quantitative estimate of drug-likeness (QED) is 0.449. The van der Waals surface area contributed by atoms with E-state index in [4.69, 9.17) is 0 Å². The summed E-state index contributed by atoms with van der Waals surface area (Å²) in [7, 11) is -0.369. The number of alkyl halides is 2. The molecule has 0 bridgehead atoms. The number of ketones is 1. The molecule has 194 valence electrons. The fourth-order valence-electron chi connectivity index (χ4n) is 4.31. The van der Waals surface area contributed by atoms with Gasteiger partial charge in [-0.1, -0.05) is 6.07 Å². The van der Waals surface area contributed by atoms with Crippen molar-refractivity contribution in [2.45, 2.75) is 32.1 Å². The van der Waals surface area contributed by atoms with E-state index >= 15 is 0 Å². The Balaban J connectivity index is 1.59. The summed E-state index contributed by atoms with van der Waals surface area (Å²) in [5.74, 6) is 0.110. The molecule has 3 aromatic rings. The van der Waals surface area contributed by atoms with Crippen LogP contribution in [0.4, 0.5) is 31.5 Å². The first-order valence-corrected chi connectivity index (χ1v) is 13.6. The molecule has 0 radical (unpaired) electrons. The number of pyridine rings is 1. The first-order valence-electron chi connectivity index (χ1n) is 11.7. The Kier molecular flexibility index (Phi) is 6.30. The number of aromatic nitrogens is 3. The monoisotopic (exact) mass is 528 g/mol. The summed E-state index contributed by atoms with van der Waals surface area (Å²) in [6.45, 7) is 0. The molecular weight excluding hydrogens is 502 g/mol. The van der Waals surface area contributed by atoms with E-state index in [0.29, 0.717) is 28.5 Å². The number of Topliss-reactive ketones (excluding diaryl/α,β-unsaturated/α-hetero) is 1. The van der Waals surface area contributed by atoms with Gasteiger partial charge in [0.15, 0.2) is 0 Å². The predicted molar refractivity (Wildman–Crippen MR) is 138 cm³/mol. The lowest BCUT2D eigenvalue weighted by atomic mass is 10.1. The van der Waals surface area contributed by atoms with Crippen molar-refractivity contribution < 1.29 is 22.0 Å². The zero-order valence-corrected chi connectivity index (χ0v) is 21.4. The molecule has 0 unspecified atom stereocenters. The number of anilines is 3. The zero-order chi connectivity index (χ0) is 26.5. The van der Waals surface area contributed by atoms with E-state index in [0.717, 1.165) is 34.7 Å². The Labute approximate surface area is 213 Å². The fraction of sp³-hybridized carbons (Fsp3) is 0.360. The lowest BCUT2D eigenvalue weighted by Gasteiger charge is -2.23. The van der Waals surface area contributed by atoms with E-state index in [1.165, 1.54) is 7.05 Å². The largest absolute Gasteiger partial charge is 0.352 e. The van der Waals surface area contributed by atoms with Crippen LogP contribution in [0.2, 0.25) is 0 Å². The van der Waals surface area contributed by atoms with Gasteiger partial charge in [-0.15, -0.1) is 0 Å². The van der Waals surface area contributed by atoms with E-state index in [2.05, 4.69) is 20.3 Å². The number of sulfonamides is 1. The van der Waals surface area contributed by atoms with Gasteiger partial charge < -0.3 is 9.88 Å². The molecule has 1 N–H and O–H groups in total. The molecule has 0 atom stereocenters. The maximum atomic E-state index is 13.5. The van der Waals surface area contributed by atoms with Crippen molar-refractivity contribution in [3.05, 3.63) is 48.2 Å². The van der Waals surface area contributed by atoms with Crippen LogP contribution in [0.3, 0.4) is 0 Å². The topological polar surface area (TPSA) is 110 Å². The Bertz CT molecular complexity index is 1530. The molecule has 37 heavy (non-hydrogen) atoms. The molecule has 1 aliphatic carbocycles. The summed E-state index contributed by atoms with van der Waals surface area (Å²) >= 11 is 0. The number of aryl methyl sites for hydroxylation is 1. The summed E-state index contributed by atoms with van der Waals surface area (Å²) in [6.07, 6.45) is 3.39. The van der Waals surface area contributed by atoms with Crippen molar-refractivity contribution in [1.29, 1.82) is 0 Å². The van der Waals surface area contributed by atoms with Gasteiger partial charge >= 0.3 is 0 Å². The molecule has 12 heteroatoms. The van der Waals surface area contributed by atoms with Crippen molar-refractivity contribution >= 4 is 44.3 Å². The van der Waals surface area contributed by atoms with Gasteiger partial charge in [0.25, 0.3) is 6.43 Å². The number of hydrogen-bond acceptors (Lipinski definition) is 7. The molecule has 1 aromatic carbocycles. The average Bonchev–Trinajstić information content (AvgIpc) is 3.46. The number of nitrogens with one attached hydrogen (secondary N) is 1. The number of fused-ring (bicyclic) bond motifs is 1. The smallest absolute Gasteiger partial charge is 0.277 e. The summed E-state index contributed by atoms with van der Waals surface area (Å²) in [5.41, 5.74) is 3.48. The Morgan fingerprint density at radius 2 is 2.00 bits per heavy atom. The standard InChI is InChI=1S/C25H26F2N6O3S/c1-32-13-28-12-22(32)15-6-7-17(21(8-15)33(2)37(3,35)36)30-18-9-16(10-23(34)14-4-5-14)29-19-11-20(25(26)27)31-24(18)19/h6-9,12-14,25H,4-5,10-11H2,1-3H3,(H,29,30). The van der Waals surface area contributed by atoms with Crippen molar-refractivity contribution in [3.8, 4) is 11.3 Å². The van der Waals surface area contributed by atoms with Crippen molar-refractivity contribution in [2.75, 3.05) is 22.9 Å². The van der Waals surface area contributed by atoms with Gasteiger partial charge in [-0.25, -0.2) is 27.2 Å². The lowest BCUT2D eigenvalue weighted by Crippen LogP contribution is -2.25. The van der Waals surface area contributed by atoms with Gasteiger partial charge in [-0.3, -0.25) is 14.1 Å². The molecule has 2 aromatic heterocycles. The molecule has 1 aliphatic heterocycles. The molecule has 1 saturated carbocycles. The van der Waals surface area contributed by atoms with Crippen LogP contribution in [-0.2, 0) is 34.7 Å². The minimum absolute atomic E-state index is 0.0360. The van der Waals surface area contributed by atoms with Gasteiger partial charge in [0.05, 0.1) is 58.6 Å². The van der Waals surface area contributed by atoms with Crippen LogP contribution in [0.1, 0.15) is 24.2 Å². The summed E-state index contributed by atoms with van der Waals surface area (Å²) < 4.78 is 54.9. The average molecular weight is 529 g/mol. The van der Waals surface area contributed by atoms with Gasteiger partial charge in [-0.2, -0.15) is 0 Å². The van der Waals surface area contributed by atoms with E-state index in [9.17, 15) is 22.0 Å². The van der Waals surface area contributed by atoms with E-state index in [1.807, 2.05) is 17.7 Å². The number of benzene rings is 1. The van der Waals surface area contributed by atoms with Crippen LogP contribution < -0.4 is 9.62 Å². The number of nitrogens with zero attached hydrogens (tertiary/aromatic N) is 5. The number of hydrogen-bond donors (Lipinski definition) is 1. The van der Waals surface area contributed by atoms with Crippen molar-refractivity contribution in [3.63, 3.8) is 0 Å². The van der Waals surface area contributed by atoms with Crippen LogP contribution in [0, 0.1) is 5.92 Å². The predicted octanol–water partition coefficient (Wildman–Crippen LogP) is 4.04. The van der Waals surface area contributed by atoms with Crippen molar-refractivity contribution in [2.24, 2.45) is 18.0 Å².